The number of hydrogen-bond acceptors (Lipinski definition) is 6. The largest absolute Gasteiger partial charge is 0.493 e. The van der Waals surface area contributed by atoms with Crippen molar-refractivity contribution in [1.82, 2.24) is 25.1 Å². The number of methoxy groups -OCH3 is 1. The molecule has 150 valence electrons. The number of rotatable bonds is 6. The minimum atomic E-state index is -0.124. The Bertz CT molecular complexity index is 1070. The summed E-state index contributed by atoms with van der Waals surface area (Å²) < 4.78 is 13.8. The van der Waals surface area contributed by atoms with Gasteiger partial charge in [-0.3, -0.25) is 9.48 Å². The Labute approximate surface area is 176 Å². The second-order valence-corrected chi connectivity index (χ2v) is 7.35. The average molecular weight is 458 g/mol. The normalized spacial score (nSPS) is 13.0. The lowest BCUT2D eigenvalue weighted by Gasteiger charge is -2.13. The maximum atomic E-state index is 12.0. The fraction of sp³-hybridized carbons (Fsp3) is 0.300. The first-order valence-corrected chi connectivity index (χ1v) is 10.1. The van der Waals surface area contributed by atoms with E-state index in [1.54, 1.807) is 30.1 Å². The predicted octanol–water partition coefficient (Wildman–Crippen LogP) is 3.31. The van der Waals surface area contributed by atoms with Crippen LogP contribution in [-0.4, -0.2) is 45.9 Å². The summed E-state index contributed by atoms with van der Waals surface area (Å²) in [5.41, 5.74) is 2.59. The highest BCUT2D eigenvalue weighted by Gasteiger charge is 2.21. The van der Waals surface area contributed by atoms with Crippen LogP contribution in [0.4, 0.5) is 0 Å². The number of carbonyl (C=O) groups is 1. The second-order valence-electron chi connectivity index (χ2n) is 6.50. The fourth-order valence-corrected chi connectivity index (χ4v) is 3.65. The van der Waals surface area contributed by atoms with Crippen LogP contribution in [0.5, 0.6) is 11.5 Å². The molecule has 0 bridgehead atoms. The first-order valence-electron chi connectivity index (χ1n) is 9.31. The molecular weight excluding hydrogens is 438 g/mol. The first kappa shape index (κ1) is 19.4. The molecule has 1 aliphatic rings. The van der Waals surface area contributed by atoms with Crippen molar-refractivity contribution in [3.8, 4) is 34.3 Å². The van der Waals surface area contributed by atoms with Gasteiger partial charge in [-0.25, -0.2) is 9.97 Å². The van der Waals surface area contributed by atoms with Gasteiger partial charge in [-0.05, 0) is 46.6 Å². The van der Waals surface area contributed by atoms with Gasteiger partial charge < -0.3 is 14.8 Å². The van der Waals surface area contributed by atoms with Crippen molar-refractivity contribution in [2.75, 3.05) is 20.3 Å². The van der Waals surface area contributed by atoms with Crippen molar-refractivity contribution in [2.45, 2.75) is 19.9 Å². The molecule has 0 fully saturated rings. The van der Waals surface area contributed by atoms with Crippen LogP contribution in [0.2, 0.25) is 0 Å². The standard InChI is InChI=1S/C20H20BrN5O3/c1-3-8-29-18-13(21)9-12(10-17(18)28-2)19-22-5-4-14(24-19)15-11-16-20(27)23-6-7-26(16)25-15/h4-5,9-11H,3,6-8H2,1-2H3,(H,23,27). The van der Waals surface area contributed by atoms with E-state index < -0.39 is 0 Å². The molecule has 0 saturated carbocycles. The number of hydrogen-bond donors (Lipinski definition) is 1. The molecule has 0 unspecified atom stereocenters. The van der Waals surface area contributed by atoms with Crippen LogP contribution in [0.25, 0.3) is 22.8 Å². The fourth-order valence-electron chi connectivity index (χ4n) is 3.09. The van der Waals surface area contributed by atoms with E-state index in [1.807, 2.05) is 19.1 Å². The molecule has 1 N–H and O–H groups in total. The van der Waals surface area contributed by atoms with Gasteiger partial charge in [0.15, 0.2) is 17.3 Å². The van der Waals surface area contributed by atoms with Gasteiger partial charge in [0, 0.05) is 18.3 Å². The summed E-state index contributed by atoms with van der Waals surface area (Å²) in [6.07, 6.45) is 2.58. The first-order chi connectivity index (χ1) is 14.1. The molecule has 4 rings (SSSR count). The van der Waals surface area contributed by atoms with Crippen molar-refractivity contribution >= 4 is 21.8 Å². The number of fused-ring (bicyclic) bond motifs is 1. The zero-order valence-electron chi connectivity index (χ0n) is 16.1. The maximum Gasteiger partial charge on any atom is 0.269 e. The number of carbonyl (C=O) groups excluding carboxylic acids is 1. The van der Waals surface area contributed by atoms with Gasteiger partial charge >= 0.3 is 0 Å². The van der Waals surface area contributed by atoms with Gasteiger partial charge in [0.25, 0.3) is 5.91 Å². The van der Waals surface area contributed by atoms with Crippen molar-refractivity contribution in [2.24, 2.45) is 0 Å². The summed E-state index contributed by atoms with van der Waals surface area (Å²) in [7, 11) is 1.60. The van der Waals surface area contributed by atoms with Gasteiger partial charge in [0.2, 0.25) is 0 Å². The Morgan fingerprint density at radius 2 is 2.14 bits per heavy atom. The third kappa shape index (κ3) is 3.82. The lowest BCUT2D eigenvalue weighted by atomic mass is 10.1. The summed E-state index contributed by atoms with van der Waals surface area (Å²) in [5, 5.41) is 7.33. The molecule has 0 atom stereocenters. The highest BCUT2D eigenvalue weighted by Crippen LogP contribution is 2.39. The Morgan fingerprint density at radius 3 is 2.90 bits per heavy atom. The number of ether oxygens (including phenoxy) is 2. The summed E-state index contributed by atoms with van der Waals surface area (Å²) in [6.45, 7) is 3.86. The van der Waals surface area contributed by atoms with Crippen molar-refractivity contribution < 1.29 is 14.3 Å². The van der Waals surface area contributed by atoms with Crippen LogP contribution >= 0.6 is 15.9 Å². The topological polar surface area (TPSA) is 91.2 Å². The van der Waals surface area contributed by atoms with E-state index in [9.17, 15) is 4.79 Å². The van der Waals surface area contributed by atoms with E-state index in [1.165, 1.54) is 0 Å². The Kier molecular flexibility index (Phi) is 5.48. The smallest absolute Gasteiger partial charge is 0.269 e. The van der Waals surface area contributed by atoms with Crippen LogP contribution in [-0.2, 0) is 6.54 Å². The maximum absolute atomic E-state index is 12.0. The van der Waals surface area contributed by atoms with E-state index in [-0.39, 0.29) is 5.91 Å². The van der Waals surface area contributed by atoms with Gasteiger partial charge in [0.1, 0.15) is 11.4 Å². The van der Waals surface area contributed by atoms with E-state index in [0.29, 0.717) is 54.1 Å². The van der Waals surface area contributed by atoms with Crippen LogP contribution < -0.4 is 14.8 Å². The number of nitrogens with zero attached hydrogens (tertiary/aromatic N) is 4. The van der Waals surface area contributed by atoms with Crippen molar-refractivity contribution in [1.29, 1.82) is 0 Å². The molecule has 2 aromatic heterocycles. The zero-order valence-corrected chi connectivity index (χ0v) is 17.7. The lowest BCUT2D eigenvalue weighted by molar-refractivity contribution is 0.0924. The van der Waals surface area contributed by atoms with Gasteiger partial charge in [-0.15, -0.1) is 0 Å². The summed E-state index contributed by atoms with van der Waals surface area (Å²) in [5.74, 6) is 1.66. The molecule has 0 radical (unpaired) electrons. The van der Waals surface area contributed by atoms with Crippen LogP contribution in [0.1, 0.15) is 23.8 Å². The molecular formula is C20H20BrN5O3. The average Bonchev–Trinajstić information content (AvgIpc) is 3.18. The molecule has 29 heavy (non-hydrogen) atoms. The summed E-state index contributed by atoms with van der Waals surface area (Å²) >= 11 is 3.55. The molecule has 1 aromatic carbocycles. The highest BCUT2D eigenvalue weighted by molar-refractivity contribution is 9.10. The van der Waals surface area contributed by atoms with E-state index in [2.05, 4.69) is 36.3 Å². The molecule has 1 aliphatic heterocycles. The third-order valence-electron chi connectivity index (χ3n) is 4.48. The SMILES string of the molecule is CCCOc1c(Br)cc(-c2nccc(-c3cc4n(n3)CCNC4=O)n2)cc1OC. The van der Waals surface area contributed by atoms with Crippen LogP contribution in [0, 0.1) is 0 Å². The minimum absolute atomic E-state index is 0.124. The number of halogens is 1. The highest BCUT2D eigenvalue weighted by atomic mass is 79.9. The molecule has 0 saturated heterocycles. The van der Waals surface area contributed by atoms with Crippen molar-refractivity contribution in [3.05, 3.63) is 40.6 Å². The molecule has 0 aliphatic carbocycles. The monoisotopic (exact) mass is 457 g/mol. The van der Waals surface area contributed by atoms with E-state index >= 15 is 0 Å². The molecule has 1 amide bonds. The molecule has 3 aromatic rings. The quantitative estimate of drug-likeness (QED) is 0.610. The Balaban J connectivity index is 1.71. The molecule has 0 spiro atoms. The van der Waals surface area contributed by atoms with Gasteiger partial charge in [-0.1, -0.05) is 6.92 Å². The third-order valence-corrected chi connectivity index (χ3v) is 5.07. The number of benzene rings is 1. The predicted molar refractivity (Wildman–Crippen MR) is 111 cm³/mol. The second kappa shape index (κ2) is 8.20. The minimum Gasteiger partial charge on any atom is -0.493 e. The van der Waals surface area contributed by atoms with Gasteiger partial charge in [0.05, 0.1) is 30.4 Å². The number of nitrogens with one attached hydrogen (secondary N) is 1. The zero-order chi connectivity index (χ0) is 20.4. The lowest BCUT2D eigenvalue weighted by Crippen LogP contribution is -2.35. The van der Waals surface area contributed by atoms with Gasteiger partial charge in [-0.2, -0.15) is 5.10 Å². The van der Waals surface area contributed by atoms with E-state index in [4.69, 9.17) is 9.47 Å². The molecule has 9 heteroatoms. The number of amides is 1. The summed E-state index contributed by atoms with van der Waals surface area (Å²) in [4.78, 5) is 21.1. The number of aromatic nitrogens is 4. The summed E-state index contributed by atoms with van der Waals surface area (Å²) in [6, 6.07) is 7.28. The Hall–Kier alpha value is -2.94. The van der Waals surface area contributed by atoms with Crippen LogP contribution in [0.15, 0.2) is 34.9 Å². The van der Waals surface area contributed by atoms with E-state index in [0.717, 1.165) is 16.5 Å². The molecule has 3 heterocycles. The molecule has 8 nitrogen and oxygen atoms in total. The van der Waals surface area contributed by atoms with Crippen LogP contribution in [0.3, 0.4) is 0 Å². The van der Waals surface area contributed by atoms with Crippen molar-refractivity contribution in [3.63, 3.8) is 0 Å². The Morgan fingerprint density at radius 1 is 1.28 bits per heavy atom.